The highest BCUT2D eigenvalue weighted by atomic mass is 79.9. The minimum atomic E-state index is 0.746. The molecular weight excluding hydrogens is 312 g/mol. The summed E-state index contributed by atoms with van der Waals surface area (Å²) in [6, 6.07) is 8.33. The number of alkyl halides is 1. The molecule has 1 heterocycles. The monoisotopic (exact) mass is 332 g/mol. The number of halogens is 1. The Bertz CT molecular complexity index is 617. The fourth-order valence-electron chi connectivity index (χ4n) is 3.29. The lowest BCUT2D eigenvalue weighted by atomic mass is 9.83. The Balaban J connectivity index is 2.00. The first kappa shape index (κ1) is 13.9. The lowest BCUT2D eigenvalue weighted by molar-refractivity contribution is 0.405. The van der Waals surface area contributed by atoms with Crippen molar-refractivity contribution >= 4 is 33.0 Å². The van der Waals surface area contributed by atoms with Crippen molar-refractivity contribution < 1.29 is 4.42 Å². The molecule has 0 atom stereocenters. The third-order valence-corrected chi connectivity index (χ3v) is 5.08. The van der Waals surface area contributed by atoms with Crippen LogP contribution < -0.4 is 0 Å². The fraction of sp³-hybridized carbons (Fsp3) is 0.444. The topological polar surface area (TPSA) is 13.1 Å². The number of furan rings is 1. The standard InChI is InChI=1S/C18H21BrO/c1-13-17(16-9-5-6-10-18(16)20-13)11-15(12-19)14-7-3-2-4-8-14/h5-6,9-11,14H,2-4,7-8,12H2,1H3/b15-11-. The molecule has 1 aliphatic rings. The highest BCUT2D eigenvalue weighted by molar-refractivity contribution is 9.09. The van der Waals surface area contributed by atoms with Gasteiger partial charge < -0.3 is 4.42 Å². The Hall–Kier alpha value is -1.02. The van der Waals surface area contributed by atoms with Gasteiger partial charge >= 0.3 is 0 Å². The summed E-state index contributed by atoms with van der Waals surface area (Å²) in [6.45, 7) is 2.07. The highest BCUT2D eigenvalue weighted by Gasteiger charge is 2.18. The van der Waals surface area contributed by atoms with E-state index in [1.54, 1.807) is 0 Å². The van der Waals surface area contributed by atoms with Crippen molar-refractivity contribution in [2.75, 3.05) is 5.33 Å². The smallest absolute Gasteiger partial charge is 0.134 e. The molecule has 0 aliphatic heterocycles. The summed E-state index contributed by atoms with van der Waals surface area (Å²) in [6.07, 6.45) is 9.20. The minimum absolute atomic E-state index is 0.746. The lowest BCUT2D eigenvalue weighted by Crippen LogP contribution is -2.10. The Morgan fingerprint density at radius 3 is 2.75 bits per heavy atom. The van der Waals surface area contributed by atoms with Gasteiger partial charge in [0, 0.05) is 16.3 Å². The van der Waals surface area contributed by atoms with Gasteiger partial charge in [0.2, 0.25) is 0 Å². The highest BCUT2D eigenvalue weighted by Crippen LogP contribution is 2.34. The molecule has 0 radical (unpaired) electrons. The van der Waals surface area contributed by atoms with Crippen molar-refractivity contribution in [1.29, 1.82) is 0 Å². The molecule has 2 aromatic rings. The zero-order valence-electron chi connectivity index (χ0n) is 12.0. The number of hydrogen-bond acceptors (Lipinski definition) is 1. The molecule has 1 fully saturated rings. The van der Waals surface area contributed by atoms with E-state index < -0.39 is 0 Å². The van der Waals surface area contributed by atoms with Crippen LogP contribution >= 0.6 is 15.9 Å². The van der Waals surface area contributed by atoms with Crippen LogP contribution in [0.15, 0.2) is 34.3 Å². The molecule has 20 heavy (non-hydrogen) atoms. The quantitative estimate of drug-likeness (QED) is 0.619. The molecule has 1 saturated carbocycles. The van der Waals surface area contributed by atoms with E-state index >= 15 is 0 Å². The van der Waals surface area contributed by atoms with Crippen molar-refractivity contribution in [2.24, 2.45) is 5.92 Å². The van der Waals surface area contributed by atoms with Gasteiger partial charge in [-0.25, -0.2) is 0 Å². The molecule has 2 heteroatoms. The van der Waals surface area contributed by atoms with Gasteiger partial charge in [0.1, 0.15) is 11.3 Å². The normalized spacial score (nSPS) is 17.8. The summed E-state index contributed by atoms with van der Waals surface area (Å²) in [5, 5.41) is 2.20. The van der Waals surface area contributed by atoms with Crippen LogP contribution in [0, 0.1) is 12.8 Å². The first-order chi connectivity index (χ1) is 9.79. The molecule has 0 amide bonds. The van der Waals surface area contributed by atoms with Crippen LogP contribution in [-0.4, -0.2) is 5.33 Å². The van der Waals surface area contributed by atoms with E-state index in [1.165, 1.54) is 48.6 Å². The molecule has 1 aliphatic carbocycles. The Kier molecular flexibility index (Phi) is 4.30. The number of benzene rings is 1. The van der Waals surface area contributed by atoms with Gasteiger partial charge in [0.25, 0.3) is 0 Å². The maximum absolute atomic E-state index is 5.87. The number of allylic oxidation sites excluding steroid dienone is 1. The Labute approximate surface area is 129 Å². The zero-order valence-corrected chi connectivity index (χ0v) is 13.6. The number of rotatable bonds is 3. The first-order valence-corrected chi connectivity index (χ1v) is 8.66. The number of hydrogen-bond donors (Lipinski definition) is 0. The molecule has 1 nitrogen and oxygen atoms in total. The largest absolute Gasteiger partial charge is 0.461 e. The predicted octanol–water partition coefficient (Wildman–Crippen LogP) is 6.10. The minimum Gasteiger partial charge on any atom is -0.461 e. The third-order valence-electron chi connectivity index (χ3n) is 4.43. The second-order valence-corrected chi connectivity index (χ2v) is 6.32. The van der Waals surface area contributed by atoms with Crippen molar-refractivity contribution in [3.8, 4) is 0 Å². The summed E-state index contributed by atoms with van der Waals surface area (Å²) in [7, 11) is 0. The van der Waals surface area contributed by atoms with Crippen LogP contribution in [-0.2, 0) is 0 Å². The first-order valence-electron chi connectivity index (χ1n) is 7.54. The van der Waals surface area contributed by atoms with Gasteiger partial charge in [-0.1, -0.05) is 65.0 Å². The van der Waals surface area contributed by atoms with Crippen LogP contribution in [0.25, 0.3) is 17.0 Å². The van der Waals surface area contributed by atoms with E-state index in [0.717, 1.165) is 22.6 Å². The molecule has 1 aromatic carbocycles. The molecule has 0 bridgehead atoms. The van der Waals surface area contributed by atoms with E-state index in [-0.39, 0.29) is 0 Å². The molecule has 106 valence electrons. The molecule has 0 unspecified atom stereocenters. The average molecular weight is 333 g/mol. The second-order valence-electron chi connectivity index (χ2n) is 5.76. The molecule has 0 N–H and O–H groups in total. The van der Waals surface area contributed by atoms with Gasteiger partial charge in [-0.15, -0.1) is 0 Å². The Morgan fingerprint density at radius 1 is 1.25 bits per heavy atom. The zero-order chi connectivity index (χ0) is 13.9. The maximum Gasteiger partial charge on any atom is 0.134 e. The summed E-state index contributed by atoms with van der Waals surface area (Å²) < 4.78 is 5.87. The molecule has 1 aromatic heterocycles. The third kappa shape index (κ3) is 2.71. The second kappa shape index (κ2) is 6.17. The van der Waals surface area contributed by atoms with Crippen LogP contribution in [0.1, 0.15) is 43.4 Å². The molecule has 3 rings (SSSR count). The molecular formula is C18H21BrO. The van der Waals surface area contributed by atoms with Gasteiger partial charge in [-0.3, -0.25) is 0 Å². The van der Waals surface area contributed by atoms with Crippen LogP contribution in [0.3, 0.4) is 0 Å². The summed E-state index contributed by atoms with van der Waals surface area (Å²) in [4.78, 5) is 0. The van der Waals surface area contributed by atoms with E-state index in [0.29, 0.717) is 0 Å². The van der Waals surface area contributed by atoms with E-state index in [2.05, 4.69) is 41.1 Å². The Morgan fingerprint density at radius 2 is 2.00 bits per heavy atom. The fourth-order valence-corrected chi connectivity index (χ4v) is 3.91. The van der Waals surface area contributed by atoms with Crippen LogP contribution in [0.5, 0.6) is 0 Å². The van der Waals surface area contributed by atoms with Crippen molar-refractivity contribution in [1.82, 2.24) is 0 Å². The van der Waals surface area contributed by atoms with Gasteiger partial charge in [-0.2, -0.15) is 0 Å². The SMILES string of the molecule is Cc1oc2ccccc2c1/C=C(/CBr)C1CCCCC1. The van der Waals surface area contributed by atoms with E-state index in [4.69, 9.17) is 4.42 Å². The summed E-state index contributed by atoms with van der Waals surface area (Å²) in [5.41, 5.74) is 3.79. The van der Waals surface area contributed by atoms with E-state index in [9.17, 15) is 0 Å². The van der Waals surface area contributed by atoms with Gasteiger partial charge in [0.15, 0.2) is 0 Å². The lowest BCUT2D eigenvalue weighted by Gasteiger charge is -2.23. The van der Waals surface area contributed by atoms with Crippen molar-refractivity contribution in [3.05, 3.63) is 41.2 Å². The predicted molar refractivity (Wildman–Crippen MR) is 89.3 cm³/mol. The number of fused-ring (bicyclic) bond motifs is 1. The summed E-state index contributed by atoms with van der Waals surface area (Å²) in [5.74, 6) is 1.77. The number of para-hydroxylation sites is 1. The van der Waals surface area contributed by atoms with Gasteiger partial charge in [-0.05, 0) is 31.7 Å². The number of aryl methyl sites for hydroxylation is 1. The van der Waals surface area contributed by atoms with Crippen LogP contribution in [0.2, 0.25) is 0 Å². The molecule has 0 spiro atoms. The molecule has 0 saturated heterocycles. The van der Waals surface area contributed by atoms with Crippen molar-refractivity contribution in [2.45, 2.75) is 39.0 Å². The van der Waals surface area contributed by atoms with Crippen molar-refractivity contribution in [3.63, 3.8) is 0 Å². The average Bonchev–Trinajstić information content (AvgIpc) is 2.81. The summed E-state index contributed by atoms with van der Waals surface area (Å²) >= 11 is 3.69. The van der Waals surface area contributed by atoms with Crippen LogP contribution in [0.4, 0.5) is 0 Å². The maximum atomic E-state index is 5.87. The van der Waals surface area contributed by atoms with Gasteiger partial charge in [0.05, 0.1) is 0 Å². The van der Waals surface area contributed by atoms with E-state index in [1.807, 2.05) is 12.1 Å².